The van der Waals surface area contributed by atoms with Gasteiger partial charge < -0.3 is 9.47 Å². The number of rotatable bonds is 6. The molecule has 0 heterocycles. The van der Waals surface area contributed by atoms with E-state index in [4.69, 9.17) is 9.47 Å². The lowest BCUT2D eigenvalue weighted by atomic mass is 10.0. The van der Waals surface area contributed by atoms with Gasteiger partial charge in [-0.3, -0.25) is 0 Å². The molecule has 0 aromatic heterocycles. The van der Waals surface area contributed by atoms with Crippen molar-refractivity contribution in [3.8, 4) is 0 Å². The van der Waals surface area contributed by atoms with Crippen molar-refractivity contribution in [2.45, 2.75) is 27.7 Å². The van der Waals surface area contributed by atoms with Crippen LogP contribution in [0.4, 0.5) is 0 Å². The van der Waals surface area contributed by atoms with Gasteiger partial charge in [0, 0.05) is 6.08 Å². The van der Waals surface area contributed by atoms with E-state index in [9.17, 15) is 9.59 Å². The SMILES string of the molecule is CCOC(=O)/C=C(C(=O)OCC)/C(C)=C/c1ccc(C)cc1. The molecule has 0 aliphatic heterocycles. The summed E-state index contributed by atoms with van der Waals surface area (Å²) >= 11 is 0. The maximum Gasteiger partial charge on any atom is 0.338 e. The Bertz CT molecular complexity index is 580. The number of aryl methyl sites for hydroxylation is 1. The van der Waals surface area contributed by atoms with Crippen LogP contribution >= 0.6 is 0 Å². The van der Waals surface area contributed by atoms with Gasteiger partial charge in [0.15, 0.2) is 0 Å². The summed E-state index contributed by atoms with van der Waals surface area (Å²) < 4.78 is 9.87. The summed E-state index contributed by atoms with van der Waals surface area (Å²) in [5.41, 5.74) is 2.96. The number of esters is 2. The Morgan fingerprint density at radius 2 is 1.64 bits per heavy atom. The fourth-order valence-electron chi connectivity index (χ4n) is 1.83. The molecular weight excluding hydrogens is 280 g/mol. The Balaban J connectivity index is 3.11. The first kappa shape index (κ1) is 17.7. The molecule has 1 aromatic rings. The Hall–Kier alpha value is -2.36. The van der Waals surface area contributed by atoms with Crippen LogP contribution in [0.1, 0.15) is 31.9 Å². The maximum atomic E-state index is 12.0. The molecule has 1 rings (SSSR count). The van der Waals surface area contributed by atoms with Gasteiger partial charge in [-0.15, -0.1) is 0 Å². The standard InChI is InChI=1S/C18H22O4/c1-5-21-17(19)12-16(18(20)22-6-2)14(4)11-15-9-7-13(3)8-10-15/h7-12H,5-6H2,1-4H3/b14-11+,16-12-. The molecule has 0 saturated carbocycles. The average Bonchev–Trinajstić information content (AvgIpc) is 2.47. The summed E-state index contributed by atoms with van der Waals surface area (Å²) in [6.07, 6.45) is 3.02. The van der Waals surface area contributed by atoms with E-state index in [1.165, 1.54) is 6.08 Å². The van der Waals surface area contributed by atoms with Gasteiger partial charge in [-0.25, -0.2) is 9.59 Å². The van der Waals surface area contributed by atoms with E-state index in [0.717, 1.165) is 11.1 Å². The van der Waals surface area contributed by atoms with Crippen molar-refractivity contribution in [3.63, 3.8) is 0 Å². The summed E-state index contributed by atoms with van der Waals surface area (Å²) in [4.78, 5) is 23.7. The lowest BCUT2D eigenvalue weighted by molar-refractivity contribution is -0.140. The average molecular weight is 302 g/mol. The highest BCUT2D eigenvalue weighted by atomic mass is 16.5. The highest BCUT2D eigenvalue weighted by Crippen LogP contribution is 2.17. The van der Waals surface area contributed by atoms with E-state index in [1.807, 2.05) is 37.3 Å². The zero-order valence-corrected chi connectivity index (χ0v) is 13.5. The Labute approximate surface area is 131 Å². The quantitative estimate of drug-likeness (QED) is 0.459. The molecule has 0 bridgehead atoms. The van der Waals surface area contributed by atoms with Crippen molar-refractivity contribution in [1.82, 2.24) is 0 Å². The third-order valence-electron chi connectivity index (χ3n) is 2.93. The molecule has 0 N–H and O–H groups in total. The van der Waals surface area contributed by atoms with Crippen LogP contribution in [0.15, 0.2) is 41.5 Å². The second-order valence-electron chi connectivity index (χ2n) is 4.77. The minimum Gasteiger partial charge on any atom is -0.463 e. The van der Waals surface area contributed by atoms with Crippen LogP contribution in [0.3, 0.4) is 0 Å². The van der Waals surface area contributed by atoms with Gasteiger partial charge in [0.1, 0.15) is 0 Å². The van der Waals surface area contributed by atoms with Gasteiger partial charge >= 0.3 is 11.9 Å². The third-order valence-corrected chi connectivity index (χ3v) is 2.93. The van der Waals surface area contributed by atoms with Crippen molar-refractivity contribution < 1.29 is 19.1 Å². The highest BCUT2D eigenvalue weighted by molar-refractivity contribution is 6.01. The van der Waals surface area contributed by atoms with E-state index in [1.54, 1.807) is 20.8 Å². The van der Waals surface area contributed by atoms with Gasteiger partial charge in [0.05, 0.1) is 18.8 Å². The van der Waals surface area contributed by atoms with Crippen molar-refractivity contribution in [1.29, 1.82) is 0 Å². The lowest BCUT2D eigenvalue weighted by Crippen LogP contribution is -2.12. The Morgan fingerprint density at radius 1 is 1.05 bits per heavy atom. The van der Waals surface area contributed by atoms with Crippen LogP contribution in [0, 0.1) is 6.92 Å². The minimum absolute atomic E-state index is 0.209. The van der Waals surface area contributed by atoms with Crippen LogP contribution in [-0.4, -0.2) is 25.2 Å². The molecule has 0 amide bonds. The molecule has 0 saturated heterocycles. The van der Waals surface area contributed by atoms with Crippen molar-refractivity contribution in [2.24, 2.45) is 0 Å². The van der Waals surface area contributed by atoms with Gasteiger partial charge in [-0.2, -0.15) is 0 Å². The largest absolute Gasteiger partial charge is 0.463 e. The Kier molecular flexibility index (Phi) is 7.09. The van der Waals surface area contributed by atoms with Gasteiger partial charge in [0.25, 0.3) is 0 Å². The normalized spacial score (nSPS) is 12.0. The van der Waals surface area contributed by atoms with Crippen molar-refractivity contribution in [3.05, 3.63) is 52.6 Å². The summed E-state index contributed by atoms with van der Waals surface area (Å²) in [5.74, 6) is -1.08. The predicted molar refractivity (Wildman–Crippen MR) is 86.2 cm³/mol. The smallest absolute Gasteiger partial charge is 0.338 e. The van der Waals surface area contributed by atoms with Crippen LogP contribution in [0.2, 0.25) is 0 Å². The summed E-state index contributed by atoms with van der Waals surface area (Å²) in [7, 11) is 0. The number of carbonyl (C=O) groups excluding carboxylic acids is 2. The van der Waals surface area contributed by atoms with Crippen molar-refractivity contribution >= 4 is 18.0 Å². The number of hydrogen-bond acceptors (Lipinski definition) is 4. The fraction of sp³-hybridized carbons (Fsp3) is 0.333. The van der Waals surface area contributed by atoms with E-state index in [2.05, 4.69) is 0 Å². The zero-order chi connectivity index (χ0) is 16.5. The molecule has 22 heavy (non-hydrogen) atoms. The lowest BCUT2D eigenvalue weighted by Gasteiger charge is -2.08. The van der Waals surface area contributed by atoms with Crippen molar-refractivity contribution in [2.75, 3.05) is 13.2 Å². The van der Waals surface area contributed by atoms with Gasteiger partial charge in [-0.05, 0) is 38.8 Å². The predicted octanol–water partition coefficient (Wildman–Crippen LogP) is 3.45. The molecule has 4 heteroatoms. The summed E-state index contributed by atoms with van der Waals surface area (Å²) in [6.45, 7) is 7.71. The summed E-state index contributed by atoms with van der Waals surface area (Å²) in [5, 5.41) is 0. The molecule has 0 unspecified atom stereocenters. The van der Waals surface area contributed by atoms with Gasteiger partial charge in [0.2, 0.25) is 0 Å². The highest BCUT2D eigenvalue weighted by Gasteiger charge is 2.15. The molecule has 0 aliphatic rings. The Morgan fingerprint density at radius 3 is 2.18 bits per heavy atom. The third kappa shape index (κ3) is 5.56. The van der Waals surface area contributed by atoms with Gasteiger partial charge in [-0.1, -0.05) is 35.9 Å². The van der Waals surface area contributed by atoms with Crippen LogP contribution in [-0.2, 0) is 19.1 Å². The first-order chi connectivity index (χ1) is 10.5. The molecule has 0 spiro atoms. The second kappa shape index (κ2) is 8.82. The van der Waals surface area contributed by atoms with E-state index >= 15 is 0 Å². The number of ether oxygens (including phenoxy) is 2. The molecule has 118 valence electrons. The molecule has 0 atom stereocenters. The first-order valence-corrected chi connectivity index (χ1v) is 7.28. The molecule has 0 aliphatic carbocycles. The zero-order valence-electron chi connectivity index (χ0n) is 13.5. The van der Waals surface area contributed by atoms with Crippen LogP contribution in [0.5, 0.6) is 0 Å². The van der Waals surface area contributed by atoms with Crippen LogP contribution in [0.25, 0.3) is 6.08 Å². The topological polar surface area (TPSA) is 52.6 Å². The summed E-state index contributed by atoms with van der Waals surface area (Å²) in [6, 6.07) is 7.87. The second-order valence-corrected chi connectivity index (χ2v) is 4.77. The number of carbonyl (C=O) groups is 2. The molecule has 1 aromatic carbocycles. The number of hydrogen-bond donors (Lipinski definition) is 0. The van der Waals surface area contributed by atoms with E-state index in [-0.39, 0.29) is 18.8 Å². The number of benzene rings is 1. The molecular formula is C18H22O4. The van der Waals surface area contributed by atoms with E-state index < -0.39 is 11.9 Å². The van der Waals surface area contributed by atoms with E-state index in [0.29, 0.717) is 5.57 Å². The first-order valence-electron chi connectivity index (χ1n) is 7.28. The fourth-order valence-corrected chi connectivity index (χ4v) is 1.83. The minimum atomic E-state index is -0.554. The van der Waals surface area contributed by atoms with Crippen LogP contribution < -0.4 is 0 Å². The maximum absolute atomic E-state index is 12.0. The molecule has 0 radical (unpaired) electrons. The molecule has 4 nitrogen and oxygen atoms in total. The monoisotopic (exact) mass is 302 g/mol. The molecule has 0 fully saturated rings.